The molecule has 1 aromatic carbocycles. The molecule has 0 unspecified atom stereocenters. The third kappa shape index (κ3) is 6.75. The lowest BCUT2D eigenvalue weighted by molar-refractivity contribution is -0.155. The molecule has 0 aromatic heterocycles. The largest absolute Gasteiger partial charge is 0.459 e. The molecule has 0 radical (unpaired) electrons. The molecule has 1 heterocycles. The van der Waals surface area contributed by atoms with E-state index in [-0.39, 0.29) is 18.4 Å². The summed E-state index contributed by atoms with van der Waals surface area (Å²) in [5, 5.41) is 2.71. The zero-order valence-corrected chi connectivity index (χ0v) is 18.6. The van der Waals surface area contributed by atoms with E-state index >= 15 is 0 Å². The first-order chi connectivity index (χ1) is 14.1. The van der Waals surface area contributed by atoms with E-state index in [1.807, 2.05) is 44.2 Å². The van der Waals surface area contributed by atoms with Crippen LogP contribution in [-0.4, -0.2) is 47.1 Å². The maximum atomic E-state index is 13.3. The van der Waals surface area contributed by atoms with Gasteiger partial charge in [0.15, 0.2) is 0 Å². The van der Waals surface area contributed by atoms with Gasteiger partial charge >= 0.3 is 12.1 Å². The van der Waals surface area contributed by atoms with Crippen LogP contribution in [0, 0.1) is 5.92 Å². The van der Waals surface area contributed by atoms with Gasteiger partial charge in [0.2, 0.25) is 5.91 Å². The Morgan fingerprint density at radius 2 is 1.87 bits per heavy atom. The highest BCUT2D eigenvalue weighted by molar-refractivity contribution is 5.90. The molecule has 0 spiro atoms. The number of nitrogens with zero attached hydrogens (tertiary/aromatic N) is 1. The summed E-state index contributed by atoms with van der Waals surface area (Å²) in [6, 6.07) is 8.04. The number of ether oxygens (including phenoxy) is 2. The van der Waals surface area contributed by atoms with Crippen molar-refractivity contribution in [3.8, 4) is 0 Å². The normalized spacial score (nSPS) is 18.4. The van der Waals surface area contributed by atoms with E-state index in [9.17, 15) is 14.4 Å². The van der Waals surface area contributed by atoms with Crippen molar-refractivity contribution in [3.63, 3.8) is 0 Å². The third-order valence-electron chi connectivity index (χ3n) is 5.18. The van der Waals surface area contributed by atoms with Crippen LogP contribution in [0.15, 0.2) is 30.3 Å². The highest BCUT2D eigenvalue weighted by atomic mass is 16.6. The lowest BCUT2D eigenvalue weighted by Gasteiger charge is -2.31. The molecule has 1 saturated heterocycles. The Kier molecular flexibility index (Phi) is 8.26. The van der Waals surface area contributed by atoms with Gasteiger partial charge in [-0.3, -0.25) is 4.79 Å². The maximum absolute atomic E-state index is 13.3. The second kappa shape index (κ2) is 10.5. The van der Waals surface area contributed by atoms with E-state index in [0.717, 1.165) is 12.0 Å². The van der Waals surface area contributed by atoms with Gasteiger partial charge < -0.3 is 19.7 Å². The molecule has 166 valence electrons. The first kappa shape index (κ1) is 23.7. The lowest BCUT2D eigenvalue weighted by Crippen LogP contribution is -2.55. The molecule has 3 atom stereocenters. The van der Waals surface area contributed by atoms with Crippen molar-refractivity contribution in [2.75, 3.05) is 6.54 Å². The molecule has 1 aliphatic rings. The average molecular weight is 419 g/mol. The van der Waals surface area contributed by atoms with E-state index in [1.165, 1.54) is 0 Å². The second-order valence-electron chi connectivity index (χ2n) is 8.79. The molecule has 2 amide bonds. The zero-order chi connectivity index (χ0) is 22.3. The van der Waals surface area contributed by atoms with Gasteiger partial charge in [0.05, 0.1) is 0 Å². The van der Waals surface area contributed by atoms with E-state index < -0.39 is 29.7 Å². The Morgan fingerprint density at radius 3 is 2.47 bits per heavy atom. The third-order valence-corrected chi connectivity index (χ3v) is 5.18. The number of alkyl carbamates (subject to hydrolysis) is 1. The molecule has 0 aliphatic carbocycles. The van der Waals surface area contributed by atoms with Crippen molar-refractivity contribution in [2.45, 2.75) is 78.2 Å². The van der Waals surface area contributed by atoms with Gasteiger partial charge in [0.25, 0.3) is 0 Å². The topological polar surface area (TPSA) is 84.9 Å². The fourth-order valence-electron chi connectivity index (χ4n) is 3.40. The summed E-state index contributed by atoms with van der Waals surface area (Å²) in [6.07, 6.45) is 1.34. The lowest BCUT2D eigenvalue weighted by atomic mass is 9.97. The van der Waals surface area contributed by atoms with Gasteiger partial charge in [-0.25, -0.2) is 9.59 Å². The first-order valence-electron chi connectivity index (χ1n) is 10.6. The van der Waals surface area contributed by atoms with Crippen LogP contribution in [0.4, 0.5) is 4.79 Å². The van der Waals surface area contributed by atoms with Crippen molar-refractivity contribution in [2.24, 2.45) is 5.92 Å². The molecule has 1 fully saturated rings. The number of carbonyl (C=O) groups is 3. The monoisotopic (exact) mass is 418 g/mol. The van der Waals surface area contributed by atoms with Crippen LogP contribution < -0.4 is 5.32 Å². The van der Waals surface area contributed by atoms with Crippen molar-refractivity contribution >= 4 is 18.0 Å². The Labute approximate surface area is 179 Å². The Balaban J connectivity index is 2.05. The summed E-state index contributed by atoms with van der Waals surface area (Å²) < 4.78 is 10.8. The number of benzene rings is 1. The van der Waals surface area contributed by atoms with Gasteiger partial charge in [-0.15, -0.1) is 0 Å². The van der Waals surface area contributed by atoms with Gasteiger partial charge in [-0.1, -0.05) is 50.6 Å². The smallest absolute Gasteiger partial charge is 0.408 e. The predicted molar refractivity (Wildman–Crippen MR) is 114 cm³/mol. The molecular formula is C23H34N2O5. The van der Waals surface area contributed by atoms with Crippen LogP contribution >= 0.6 is 0 Å². The molecule has 0 bridgehead atoms. The minimum absolute atomic E-state index is 0.105. The summed E-state index contributed by atoms with van der Waals surface area (Å²) in [5.74, 6) is -0.786. The molecule has 1 aliphatic heterocycles. The Bertz CT molecular complexity index is 729. The van der Waals surface area contributed by atoms with Gasteiger partial charge in [0, 0.05) is 6.54 Å². The number of likely N-dealkylation sites (tertiary alicyclic amines) is 1. The number of hydrogen-bond donors (Lipinski definition) is 1. The van der Waals surface area contributed by atoms with Crippen LogP contribution in [0.1, 0.15) is 59.4 Å². The summed E-state index contributed by atoms with van der Waals surface area (Å²) in [7, 11) is 0. The van der Waals surface area contributed by atoms with Crippen molar-refractivity contribution < 1.29 is 23.9 Å². The highest BCUT2D eigenvalue weighted by Crippen LogP contribution is 2.23. The number of amides is 2. The quantitative estimate of drug-likeness (QED) is 0.683. The molecule has 1 N–H and O–H groups in total. The molecule has 7 nitrogen and oxygen atoms in total. The second-order valence-corrected chi connectivity index (χ2v) is 8.79. The zero-order valence-electron chi connectivity index (χ0n) is 18.6. The summed E-state index contributed by atoms with van der Waals surface area (Å²) in [5.41, 5.74) is 0.232. The van der Waals surface area contributed by atoms with Crippen LogP contribution in [0.25, 0.3) is 0 Å². The summed E-state index contributed by atoms with van der Waals surface area (Å²) in [6.45, 7) is 9.80. The van der Waals surface area contributed by atoms with Crippen LogP contribution in [0.3, 0.4) is 0 Å². The highest BCUT2D eigenvalue weighted by Gasteiger charge is 2.40. The standard InChI is InChI=1S/C23H34N2O5/c1-6-16(2)19(24-22(28)30-23(3,4)5)20(26)25-14-10-13-18(25)21(27)29-15-17-11-8-7-9-12-17/h7-9,11-12,16,18-19H,6,10,13-15H2,1-5H3,(H,24,28)/t16-,18-,19-/m0/s1. The minimum Gasteiger partial charge on any atom is -0.459 e. The Hall–Kier alpha value is -2.57. The van der Waals surface area contributed by atoms with Gasteiger partial charge in [-0.2, -0.15) is 0 Å². The maximum Gasteiger partial charge on any atom is 0.408 e. The van der Waals surface area contributed by atoms with E-state index in [1.54, 1.807) is 25.7 Å². The first-order valence-corrected chi connectivity index (χ1v) is 10.6. The molecule has 30 heavy (non-hydrogen) atoms. The number of carbonyl (C=O) groups excluding carboxylic acids is 3. The van der Waals surface area contributed by atoms with Crippen LogP contribution in [0.5, 0.6) is 0 Å². The molecular weight excluding hydrogens is 384 g/mol. The van der Waals surface area contributed by atoms with Crippen molar-refractivity contribution in [1.82, 2.24) is 10.2 Å². The molecule has 2 rings (SSSR count). The summed E-state index contributed by atoms with van der Waals surface area (Å²) >= 11 is 0. The predicted octanol–water partition coefficient (Wildman–Crippen LogP) is 3.66. The number of rotatable bonds is 7. The van der Waals surface area contributed by atoms with E-state index in [2.05, 4.69) is 5.32 Å². The SMILES string of the molecule is CC[C@H](C)[C@H](NC(=O)OC(C)(C)C)C(=O)N1CCC[C@H]1C(=O)OCc1ccccc1. The Morgan fingerprint density at radius 1 is 1.20 bits per heavy atom. The fraction of sp³-hybridized carbons (Fsp3) is 0.609. The average Bonchev–Trinajstić information content (AvgIpc) is 3.18. The fourth-order valence-corrected chi connectivity index (χ4v) is 3.40. The van der Waals surface area contributed by atoms with E-state index in [0.29, 0.717) is 19.4 Å². The van der Waals surface area contributed by atoms with Crippen LogP contribution in [0.2, 0.25) is 0 Å². The van der Waals surface area contributed by atoms with Gasteiger partial charge in [-0.05, 0) is 45.1 Å². The van der Waals surface area contributed by atoms with Gasteiger partial charge in [0.1, 0.15) is 24.3 Å². The number of hydrogen-bond acceptors (Lipinski definition) is 5. The molecule has 7 heteroatoms. The minimum atomic E-state index is -0.757. The number of esters is 1. The van der Waals surface area contributed by atoms with E-state index in [4.69, 9.17) is 9.47 Å². The van der Waals surface area contributed by atoms with Crippen LogP contribution in [-0.2, 0) is 25.7 Å². The van der Waals surface area contributed by atoms with Crippen molar-refractivity contribution in [3.05, 3.63) is 35.9 Å². The molecule has 0 saturated carbocycles. The molecule has 1 aromatic rings. The summed E-state index contributed by atoms with van der Waals surface area (Å²) in [4.78, 5) is 39.8. The van der Waals surface area contributed by atoms with Crippen molar-refractivity contribution in [1.29, 1.82) is 0 Å². The number of nitrogens with one attached hydrogen (secondary N) is 1.